The van der Waals surface area contributed by atoms with Gasteiger partial charge in [0.25, 0.3) is 0 Å². The highest BCUT2D eigenvalue weighted by Gasteiger charge is 2.21. The summed E-state index contributed by atoms with van der Waals surface area (Å²) in [4.78, 5) is 0. The number of aromatic nitrogens is 1. The Bertz CT molecular complexity index is 1180. The van der Waals surface area contributed by atoms with E-state index in [1.54, 1.807) is 38.3 Å². The highest BCUT2D eigenvalue weighted by molar-refractivity contribution is 7.92. The summed E-state index contributed by atoms with van der Waals surface area (Å²) >= 11 is 0. The molecule has 0 unspecified atom stereocenters. The van der Waals surface area contributed by atoms with Crippen LogP contribution in [0.5, 0.6) is 5.75 Å². The quantitative estimate of drug-likeness (QED) is 0.472. The van der Waals surface area contributed by atoms with E-state index in [0.717, 1.165) is 32.3 Å². The highest BCUT2D eigenvalue weighted by atomic mass is 32.2. The number of hydrogen-bond donors (Lipinski definition) is 1. The lowest BCUT2D eigenvalue weighted by molar-refractivity contribution is 0.415. The SMILES string of the molecule is CCCS(=O)(=O)N(N)c1ccc(-c2c(C#N)c3ccc(OC)cc3n2CC)cc1. The first-order chi connectivity index (χ1) is 13.9. The number of hydrazine groups is 1. The van der Waals surface area contributed by atoms with Crippen molar-refractivity contribution in [1.82, 2.24) is 4.57 Å². The number of nitrogens with two attached hydrogens (primary N) is 1. The van der Waals surface area contributed by atoms with Gasteiger partial charge in [-0.15, -0.1) is 0 Å². The minimum Gasteiger partial charge on any atom is -0.497 e. The Kier molecular flexibility index (Phi) is 5.82. The van der Waals surface area contributed by atoms with E-state index in [-0.39, 0.29) is 5.75 Å². The van der Waals surface area contributed by atoms with Gasteiger partial charge in [-0.1, -0.05) is 19.1 Å². The Morgan fingerprint density at radius 1 is 1.17 bits per heavy atom. The summed E-state index contributed by atoms with van der Waals surface area (Å²) in [5, 5.41) is 10.7. The number of rotatable bonds is 7. The first-order valence-electron chi connectivity index (χ1n) is 9.36. The Balaban J connectivity index is 2.13. The molecule has 0 aliphatic rings. The van der Waals surface area contributed by atoms with E-state index >= 15 is 0 Å². The maximum Gasteiger partial charge on any atom is 0.248 e. The van der Waals surface area contributed by atoms with Gasteiger partial charge in [0.1, 0.15) is 11.8 Å². The van der Waals surface area contributed by atoms with Gasteiger partial charge >= 0.3 is 0 Å². The lowest BCUT2D eigenvalue weighted by Gasteiger charge is -2.18. The molecule has 2 aromatic carbocycles. The molecule has 0 amide bonds. The highest BCUT2D eigenvalue weighted by Crippen LogP contribution is 2.36. The summed E-state index contributed by atoms with van der Waals surface area (Å²) in [6.07, 6.45) is 0.486. The number of methoxy groups -OCH3 is 1. The number of nitriles is 1. The van der Waals surface area contributed by atoms with Gasteiger partial charge in [0.05, 0.1) is 35.3 Å². The van der Waals surface area contributed by atoms with Crippen LogP contribution in [0.25, 0.3) is 22.2 Å². The summed E-state index contributed by atoms with van der Waals surface area (Å²) < 4.78 is 32.6. The van der Waals surface area contributed by atoms with Crippen molar-refractivity contribution in [2.24, 2.45) is 5.84 Å². The first-order valence-corrected chi connectivity index (χ1v) is 11.0. The Hall–Kier alpha value is -3.02. The number of benzene rings is 2. The van der Waals surface area contributed by atoms with Crippen LogP contribution in [0, 0.1) is 11.3 Å². The molecule has 1 heterocycles. The molecule has 0 saturated carbocycles. The van der Waals surface area contributed by atoms with Gasteiger partial charge in [-0.25, -0.2) is 18.7 Å². The molecule has 1 aromatic heterocycles. The van der Waals surface area contributed by atoms with Crippen LogP contribution < -0.4 is 15.0 Å². The van der Waals surface area contributed by atoms with Gasteiger partial charge in [-0.05, 0) is 43.2 Å². The molecule has 7 nitrogen and oxygen atoms in total. The van der Waals surface area contributed by atoms with Crippen LogP contribution in [0.4, 0.5) is 5.69 Å². The third kappa shape index (κ3) is 3.67. The Morgan fingerprint density at radius 2 is 1.86 bits per heavy atom. The molecular formula is C21H24N4O3S. The predicted molar refractivity (Wildman–Crippen MR) is 115 cm³/mol. The van der Waals surface area contributed by atoms with Crippen LogP contribution in [-0.4, -0.2) is 25.8 Å². The predicted octanol–water partition coefficient (Wildman–Crippen LogP) is 3.63. The van der Waals surface area contributed by atoms with Crippen LogP contribution >= 0.6 is 0 Å². The average Bonchev–Trinajstić information content (AvgIpc) is 3.05. The normalized spacial score (nSPS) is 11.4. The number of fused-ring (bicyclic) bond motifs is 1. The van der Waals surface area contributed by atoms with Gasteiger partial charge in [0.15, 0.2) is 0 Å². The average molecular weight is 413 g/mol. The van der Waals surface area contributed by atoms with Crippen LogP contribution in [0.1, 0.15) is 25.8 Å². The van der Waals surface area contributed by atoms with Crippen molar-refractivity contribution >= 4 is 26.6 Å². The number of anilines is 1. The lowest BCUT2D eigenvalue weighted by Crippen LogP contribution is -2.38. The fourth-order valence-corrected chi connectivity index (χ4v) is 4.64. The van der Waals surface area contributed by atoms with Crippen molar-refractivity contribution in [1.29, 1.82) is 5.26 Å². The molecule has 2 N–H and O–H groups in total. The third-order valence-corrected chi connectivity index (χ3v) is 6.59. The number of nitrogens with zero attached hydrogens (tertiary/aromatic N) is 3. The van der Waals surface area contributed by atoms with Crippen molar-refractivity contribution in [2.45, 2.75) is 26.8 Å². The van der Waals surface area contributed by atoms with Gasteiger partial charge in [-0.2, -0.15) is 5.26 Å². The second-order valence-electron chi connectivity index (χ2n) is 6.62. The molecule has 0 spiro atoms. The third-order valence-electron chi connectivity index (χ3n) is 4.86. The second kappa shape index (κ2) is 8.15. The maximum absolute atomic E-state index is 12.2. The van der Waals surface area contributed by atoms with Crippen LogP contribution in [-0.2, 0) is 16.6 Å². The van der Waals surface area contributed by atoms with Crippen LogP contribution in [0.2, 0.25) is 0 Å². The van der Waals surface area contributed by atoms with Crippen molar-refractivity contribution < 1.29 is 13.2 Å². The molecule has 3 aromatic rings. The molecule has 0 aliphatic heterocycles. The van der Waals surface area contributed by atoms with Gasteiger partial charge < -0.3 is 9.30 Å². The van der Waals surface area contributed by atoms with Gasteiger partial charge in [-0.3, -0.25) is 0 Å². The molecule has 0 bridgehead atoms. The number of sulfonamides is 1. The fraction of sp³-hybridized carbons (Fsp3) is 0.286. The zero-order chi connectivity index (χ0) is 21.2. The molecule has 3 rings (SSSR count). The zero-order valence-electron chi connectivity index (χ0n) is 16.7. The maximum atomic E-state index is 12.2. The van der Waals surface area contributed by atoms with Crippen LogP contribution in [0.15, 0.2) is 42.5 Å². The van der Waals surface area contributed by atoms with Crippen LogP contribution in [0.3, 0.4) is 0 Å². The molecule has 152 valence electrons. The van der Waals surface area contributed by atoms with Gasteiger partial charge in [0, 0.05) is 18.0 Å². The molecule has 0 aliphatic carbocycles. The van der Waals surface area contributed by atoms with Crippen molar-refractivity contribution in [3.8, 4) is 23.1 Å². The molecule has 0 fully saturated rings. The molecular weight excluding hydrogens is 388 g/mol. The molecule has 0 radical (unpaired) electrons. The topological polar surface area (TPSA) is 101 Å². The zero-order valence-corrected chi connectivity index (χ0v) is 17.5. The van der Waals surface area contributed by atoms with E-state index in [4.69, 9.17) is 10.6 Å². The largest absolute Gasteiger partial charge is 0.497 e. The van der Waals surface area contributed by atoms with E-state index in [1.165, 1.54) is 0 Å². The standard InChI is InChI=1S/C21H24N4O3S/c1-4-12-29(26,27)25(23)16-8-6-15(7-9-16)21-19(14-22)18-11-10-17(28-3)13-20(18)24(21)5-2/h6-11,13H,4-5,12,23H2,1-3H3. The lowest BCUT2D eigenvalue weighted by atomic mass is 10.1. The number of hydrogen-bond acceptors (Lipinski definition) is 5. The second-order valence-corrected chi connectivity index (χ2v) is 8.59. The molecule has 8 heteroatoms. The van der Waals surface area contributed by atoms with Crippen molar-refractivity contribution in [2.75, 3.05) is 17.3 Å². The fourth-order valence-electron chi connectivity index (χ4n) is 3.48. The Morgan fingerprint density at radius 3 is 2.41 bits per heavy atom. The molecule has 0 saturated heterocycles. The van der Waals surface area contributed by atoms with E-state index < -0.39 is 10.0 Å². The summed E-state index contributed by atoms with van der Waals surface area (Å²) in [6, 6.07) is 14.8. The van der Waals surface area contributed by atoms with E-state index in [9.17, 15) is 13.7 Å². The van der Waals surface area contributed by atoms with E-state index in [2.05, 4.69) is 10.6 Å². The molecule has 0 atom stereocenters. The first kappa shape index (κ1) is 20.7. The summed E-state index contributed by atoms with van der Waals surface area (Å²) in [5.41, 5.74) is 3.45. The summed E-state index contributed by atoms with van der Waals surface area (Å²) in [6.45, 7) is 4.46. The Labute approximate surface area is 170 Å². The number of ether oxygens (including phenoxy) is 1. The minimum atomic E-state index is -3.56. The summed E-state index contributed by atoms with van der Waals surface area (Å²) in [7, 11) is -1.95. The smallest absolute Gasteiger partial charge is 0.248 e. The minimum absolute atomic E-state index is 0.0181. The van der Waals surface area contributed by atoms with Crippen molar-refractivity contribution in [3.63, 3.8) is 0 Å². The molecule has 29 heavy (non-hydrogen) atoms. The monoisotopic (exact) mass is 412 g/mol. The number of aryl methyl sites for hydroxylation is 1. The van der Waals surface area contributed by atoms with Gasteiger partial charge in [0.2, 0.25) is 10.0 Å². The van der Waals surface area contributed by atoms with Crippen molar-refractivity contribution in [3.05, 3.63) is 48.0 Å². The van der Waals surface area contributed by atoms with E-state index in [0.29, 0.717) is 24.2 Å². The summed E-state index contributed by atoms with van der Waals surface area (Å²) in [5.74, 6) is 6.53. The van der Waals surface area contributed by atoms with E-state index in [1.807, 2.05) is 25.1 Å².